The van der Waals surface area contributed by atoms with E-state index < -0.39 is 17.7 Å². The second-order valence-electron chi connectivity index (χ2n) is 6.35. The smallest absolute Gasteiger partial charge is 0.271 e. The Morgan fingerprint density at radius 3 is 2.57 bits per heavy atom. The summed E-state index contributed by atoms with van der Waals surface area (Å²) in [5.74, 6) is -1.90. The van der Waals surface area contributed by atoms with Crippen molar-refractivity contribution >= 4 is 29.1 Å². The Morgan fingerprint density at radius 2 is 1.96 bits per heavy atom. The van der Waals surface area contributed by atoms with Gasteiger partial charge in [0, 0.05) is 10.3 Å². The number of aryl methyl sites for hydroxylation is 1. The lowest BCUT2D eigenvalue weighted by Gasteiger charge is -2.17. The van der Waals surface area contributed by atoms with Gasteiger partial charge in [0.2, 0.25) is 0 Å². The van der Waals surface area contributed by atoms with E-state index in [-0.39, 0.29) is 24.0 Å². The number of imide groups is 1. The molecule has 4 rings (SSSR count). The molecule has 6 nitrogen and oxygen atoms in total. The lowest BCUT2D eigenvalue weighted by molar-refractivity contribution is -0.145. The van der Waals surface area contributed by atoms with Crippen LogP contribution in [0.4, 0.5) is 0 Å². The van der Waals surface area contributed by atoms with Crippen molar-refractivity contribution in [2.24, 2.45) is 11.8 Å². The highest BCUT2D eigenvalue weighted by Crippen LogP contribution is 2.48. The first-order valence-electron chi connectivity index (χ1n) is 8.01. The van der Waals surface area contributed by atoms with Gasteiger partial charge in [0.15, 0.2) is 0 Å². The number of ether oxygens (including phenoxy) is 1. The summed E-state index contributed by atoms with van der Waals surface area (Å²) in [6.45, 7) is 2.08. The number of amides is 3. The first-order valence-corrected chi connectivity index (χ1v) is 8.89. The standard InChI is InChI=1S/C16H18N2O4S/c1-2-3-9-6-8(7-23-9)14(19)17-18-15(20)12-10-4-5-11(22-10)13(12)16(18)21/h6-7,10-13H,2-5H2,1H3,(H,17,19)/t10-,11+,12-,13-/m0/s1. The molecule has 7 heteroatoms. The molecule has 0 spiro atoms. The fraction of sp³-hybridized carbons (Fsp3) is 0.562. The monoisotopic (exact) mass is 334 g/mol. The highest BCUT2D eigenvalue weighted by molar-refractivity contribution is 7.10. The van der Waals surface area contributed by atoms with E-state index in [0.717, 1.165) is 35.6 Å². The summed E-state index contributed by atoms with van der Waals surface area (Å²) in [5.41, 5.74) is 2.99. The Kier molecular flexibility index (Phi) is 3.50. The second-order valence-corrected chi connectivity index (χ2v) is 7.34. The number of fused-ring (bicyclic) bond motifs is 5. The van der Waals surface area contributed by atoms with Crippen molar-refractivity contribution in [3.63, 3.8) is 0 Å². The molecule has 4 atom stereocenters. The van der Waals surface area contributed by atoms with E-state index in [0.29, 0.717) is 5.56 Å². The van der Waals surface area contributed by atoms with Crippen molar-refractivity contribution in [2.75, 3.05) is 0 Å². The van der Waals surface area contributed by atoms with Crippen LogP contribution >= 0.6 is 11.3 Å². The molecule has 1 aromatic heterocycles. The van der Waals surface area contributed by atoms with Gasteiger partial charge in [-0.1, -0.05) is 13.3 Å². The van der Waals surface area contributed by atoms with Crippen LogP contribution in [-0.4, -0.2) is 34.9 Å². The number of rotatable bonds is 4. The van der Waals surface area contributed by atoms with Gasteiger partial charge in [-0.25, -0.2) is 0 Å². The normalized spacial score (nSPS) is 31.8. The van der Waals surface area contributed by atoms with E-state index in [1.807, 2.05) is 6.07 Å². The van der Waals surface area contributed by atoms with E-state index in [9.17, 15) is 14.4 Å². The number of carbonyl (C=O) groups is 3. The molecule has 0 unspecified atom stereocenters. The largest absolute Gasteiger partial charge is 0.373 e. The minimum atomic E-state index is -0.417. The Bertz CT molecular complexity index is 657. The van der Waals surface area contributed by atoms with Crippen LogP contribution in [0.5, 0.6) is 0 Å². The number of thiophene rings is 1. The van der Waals surface area contributed by atoms with Crippen LogP contribution in [0, 0.1) is 11.8 Å². The van der Waals surface area contributed by atoms with E-state index in [1.54, 1.807) is 5.38 Å². The molecule has 3 aliphatic heterocycles. The van der Waals surface area contributed by atoms with Crippen molar-refractivity contribution in [1.29, 1.82) is 0 Å². The number of carbonyl (C=O) groups excluding carboxylic acids is 3. The predicted molar refractivity (Wildman–Crippen MR) is 82.5 cm³/mol. The Hall–Kier alpha value is -1.73. The van der Waals surface area contributed by atoms with Crippen LogP contribution in [0.15, 0.2) is 11.4 Å². The van der Waals surface area contributed by atoms with Gasteiger partial charge in [-0.05, 0) is 25.3 Å². The average molecular weight is 334 g/mol. The maximum atomic E-state index is 12.5. The minimum Gasteiger partial charge on any atom is -0.373 e. The second kappa shape index (κ2) is 5.42. The van der Waals surface area contributed by atoms with Crippen LogP contribution in [0.3, 0.4) is 0 Å². The lowest BCUT2D eigenvalue weighted by atomic mass is 9.81. The summed E-state index contributed by atoms with van der Waals surface area (Å²) < 4.78 is 5.67. The summed E-state index contributed by atoms with van der Waals surface area (Å²) in [7, 11) is 0. The summed E-state index contributed by atoms with van der Waals surface area (Å²) in [5, 5.41) is 2.68. The fourth-order valence-electron chi connectivity index (χ4n) is 3.87. The van der Waals surface area contributed by atoms with Gasteiger partial charge in [0.1, 0.15) is 0 Å². The molecule has 0 radical (unpaired) electrons. The molecule has 3 amide bonds. The molecule has 1 N–H and O–H groups in total. The first-order chi connectivity index (χ1) is 11.1. The van der Waals surface area contributed by atoms with Crippen molar-refractivity contribution in [2.45, 2.75) is 44.8 Å². The Balaban J connectivity index is 1.49. The van der Waals surface area contributed by atoms with E-state index in [2.05, 4.69) is 12.3 Å². The SMILES string of the molecule is CCCc1cc(C(=O)NN2C(=O)[C@@H]3[C@@H](C2=O)[C@H]2CC[C@@H]3O2)cs1. The fourth-order valence-corrected chi connectivity index (χ4v) is 4.84. The maximum absolute atomic E-state index is 12.5. The molecular weight excluding hydrogens is 316 g/mol. The van der Waals surface area contributed by atoms with Crippen LogP contribution in [0.1, 0.15) is 41.4 Å². The summed E-state index contributed by atoms with van der Waals surface area (Å²) in [6, 6.07) is 1.82. The van der Waals surface area contributed by atoms with Gasteiger partial charge in [0.05, 0.1) is 29.6 Å². The number of nitrogens with one attached hydrogen (secondary N) is 1. The van der Waals surface area contributed by atoms with Crippen LogP contribution in [0.2, 0.25) is 0 Å². The molecule has 23 heavy (non-hydrogen) atoms. The third kappa shape index (κ3) is 2.21. The summed E-state index contributed by atoms with van der Waals surface area (Å²) >= 11 is 1.52. The lowest BCUT2D eigenvalue weighted by Crippen LogP contribution is -2.47. The first kappa shape index (κ1) is 14.8. The van der Waals surface area contributed by atoms with Crippen LogP contribution < -0.4 is 5.43 Å². The molecule has 2 bridgehead atoms. The predicted octanol–water partition coefficient (Wildman–Crippen LogP) is 1.51. The van der Waals surface area contributed by atoms with Gasteiger partial charge >= 0.3 is 0 Å². The molecule has 4 heterocycles. The van der Waals surface area contributed by atoms with Gasteiger partial charge in [0.25, 0.3) is 17.7 Å². The van der Waals surface area contributed by atoms with Crippen molar-refractivity contribution in [3.8, 4) is 0 Å². The van der Waals surface area contributed by atoms with Crippen LogP contribution in [0.25, 0.3) is 0 Å². The van der Waals surface area contributed by atoms with E-state index in [4.69, 9.17) is 4.74 Å². The molecule has 0 saturated carbocycles. The highest BCUT2D eigenvalue weighted by Gasteiger charge is 2.62. The molecule has 0 aliphatic carbocycles. The van der Waals surface area contributed by atoms with Crippen molar-refractivity contribution in [3.05, 3.63) is 21.9 Å². The zero-order chi connectivity index (χ0) is 16.1. The van der Waals surface area contributed by atoms with Crippen molar-refractivity contribution in [1.82, 2.24) is 10.4 Å². The summed E-state index contributed by atoms with van der Waals surface area (Å²) in [6.07, 6.45) is 3.23. The van der Waals surface area contributed by atoms with Crippen molar-refractivity contribution < 1.29 is 19.1 Å². The molecule has 1 aromatic rings. The number of hydrogen-bond donors (Lipinski definition) is 1. The molecule has 0 aromatic carbocycles. The minimum absolute atomic E-state index is 0.166. The number of hydrogen-bond acceptors (Lipinski definition) is 5. The molecule has 3 saturated heterocycles. The average Bonchev–Trinajstić information content (AvgIpc) is 3.28. The number of nitrogens with zero attached hydrogens (tertiary/aromatic N) is 1. The van der Waals surface area contributed by atoms with Gasteiger partial charge in [-0.2, -0.15) is 5.01 Å². The third-order valence-electron chi connectivity index (χ3n) is 4.91. The summed E-state index contributed by atoms with van der Waals surface area (Å²) in [4.78, 5) is 38.4. The molecular formula is C16H18N2O4S. The number of hydrazine groups is 1. The van der Waals surface area contributed by atoms with E-state index >= 15 is 0 Å². The zero-order valence-corrected chi connectivity index (χ0v) is 13.6. The molecule has 3 fully saturated rings. The van der Waals surface area contributed by atoms with Gasteiger partial charge < -0.3 is 4.74 Å². The van der Waals surface area contributed by atoms with Gasteiger partial charge in [-0.15, -0.1) is 11.3 Å². The molecule has 3 aliphatic rings. The maximum Gasteiger partial charge on any atom is 0.271 e. The quantitative estimate of drug-likeness (QED) is 0.847. The third-order valence-corrected chi connectivity index (χ3v) is 5.91. The Morgan fingerprint density at radius 1 is 1.30 bits per heavy atom. The molecule has 122 valence electrons. The van der Waals surface area contributed by atoms with E-state index in [1.165, 1.54) is 11.3 Å². The topological polar surface area (TPSA) is 75.7 Å². The van der Waals surface area contributed by atoms with Crippen LogP contribution in [-0.2, 0) is 20.7 Å². The zero-order valence-electron chi connectivity index (χ0n) is 12.8. The van der Waals surface area contributed by atoms with Gasteiger partial charge in [-0.3, -0.25) is 19.8 Å². The highest BCUT2D eigenvalue weighted by atomic mass is 32.1. The Labute approximate surface area is 137 Å².